The first-order valence-corrected chi connectivity index (χ1v) is 7.94. The monoisotopic (exact) mass is 256 g/mol. The SMILES string of the molecule is c1ccc(C2CC2)c(CN2C[C@@H]3CCCN[C@@H]3C2)c1. The van der Waals surface area contributed by atoms with Crippen LogP contribution in [0, 0.1) is 5.92 Å². The van der Waals surface area contributed by atoms with Crippen LogP contribution in [0.2, 0.25) is 0 Å². The van der Waals surface area contributed by atoms with Crippen molar-refractivity contribution in [3.05, 3.63) is 35.4 Å². The molecule has 102 valence electrons. The largest absolute Gasteiger partial charge is 0.312 e. The summed E-state index contributed by atoms with van der Waals surface area (Å²) in [5.41, 5.74) is 3.22. The Hall–Kier alpha value is -0.860. The summed E-state index contributed by atoms with van der Waals surface area (Å²) in [5, 5.41) is 3.70. The van der Waals surface area contributed by atoms with Gasteiger partial charge in [0.25, 0.3) is 0 Å². The van der Waals surface area contributed by atoms with Crippen molar-refractivity contribution in [2.24, 2.45) is 5.92 Å². The topological polar surface area (TPSA) is 15.3 Å². The maximum absolute atomic E-state index is 3.70. The molecule has 0 unspecified atom stereocenters. The highest BCUT2D eigenvalue weighted by Crippen LogP contribution is 2.42. The standard InChI is InChI=1S/C17H24N2/c1-2-6-16(13-7-8-13)14(4-1)10-19-11-15-5-3-9-18-17(15)12-19/h1-2,4,6,13,15,17-18H,3,5,7-12H2/t15-,17+/m0/s1. The van der Waals surface area contributed by atoms with Gasteiger partial charge in [-0.25, -0.2) is 0 Å². The molecular formula is C17H24N2. The van der Waals surface area contributed by atoms with Gasteiger partial charge < -0.3 is 5.32 Å². The first-order valence-electron chi connectivity index (χ1n) is 7.94. The molecule has 0 aromatic heterocycles. The third kappa shape index (κ3) is 2.44. The van der Waals surface area contributed by atoms with Gasteiger partial charge in [0.15, 0.2) is 0 Å². The number of nitrogens with zero attached hydrogens (tertiary/aromatic N) is 1. The third-order valence-corrected chi connectivity index (χ3v) is 5.14. The normalized spacial score (nSPS) is 31.4. The van der Waals surface area contributed by atoms with Gasteiger partial charge in [-0.15, -0.1) is 0 Å². The van der Waals surface area contributed by atoms with Crippen LogP contribution >= 0.6 is 0 Å². The lowest BCUT2D eigenvalue weighted by atomic mass is 9.94. The minimum absolute atomic E-state index is 0.766. The first-order chi connectivity index (χ1) is 9.40. The lowest BCUT2D eigenvalue weighted by Crippen LogP contribution is -2.40. The zero-order valence-electron chi connectivity index (χ0n) is 11.6. The lowest BCUT2D eigenvalue weighted by Gasteiger charge is -2.24. The number of hydrogen-bond acceptors (Lipinski definition) is 2. The van der Waals surface area contributed by atoms with E-state index in [2.05, 4.69) is 34.5 Å². The second-order valence-corrected chi connectivity index (χ2v) is 6.63. The molecule has 1 saturated carbocycles. The van der Waals surface area contributed by atoms with Crippen LogP contribution in [0.15, 0.2) is 24.3 Å². The maximum Gasteiger partial charge on any atom is 0.0237 e. The summed E-state index contributed by atoms with van der Waals surface area (Å²) in [7, 11) is 0. The van der Waals surface area contributed by atoms with Crippen molar-refractivity contribution in [1.29, 1.82) is 0 Å². The molecule has 3 fully saturated rings. The molecule has 0 bridgehead atoms. The van der Waals surface area contributed by atoms with Gasteiger partial charge in [0.2, 0.25) is 0 Å². The average molecular weight is 256 g/mol. The van der Waals surface area contributed by atoms with Crippen LogP contribution in [0.5, 0.6) is 0 Å². The second-order valence-electron chi connectivity index (χ2n) is 6.63. The Balaban J connectivity index is 1.47. The van der Waals surface area contributed by atoms with Crippen molar-refractivity contribution in [1.82, 2.24) is 10.2 Å². The summed E-state index contributed by atoms with van der Waals surface area (Å²) in [6, 6.07) is 9.89. The molecule has 2 heterocycles. The molecule has 2 saturated heterocycles. The molecule has 2 atom stereocenters. The fraction of sp³-hybridized carbons (Fsp3) is 0.647. The molecule has 2 heteroatoms. The Labute approximate surface area is 116 Å². The molecule has 0 spiro atoms. The summed E-state index contributed by atoms with van der Waals surface area (Å²) in [4.78, 5) is 2.68. The molecule has 1 aliphatic carbocycles. The van der Waals surface area contributed by atoms with Crippen molar-refractivity contribution < 1.29 is 0 Å². The Morgan fingerprint density at radius 3 is 2.84 bits per heavy atom. The van der Waals surface area contributed by atoms with Crippen molar-refractivity contribution in [2.45, 2.75) is 44.2 Å². The summed E-state index contributed by atoms with van der Waals surface area (Å²) in [5.74, 6) is 1.78. The van der Waals surface area contributed by atoms with E-state index in [1.54, 1.807) is 11.1 Å². The zero-order valence-corrected chi connectivity index (χ0v) is 11.6. The van der Waals surface area contributed by atoms with E-state index >= 15 is 0 Å². The van der Waals surface area contributed by atoms with Crippen LogP contribution in [0.25, 0.3) is 0 Å². The molecule has 19 heavy (non-hydrogen) atoms. The van der Waals surface area contributed by atoms with Crippen LogP contribution in [-0.4, -0.2) is 30.6 Å². The van der Waals surface area contributed by atoms with Crippen LogP contribution < -0.4 is 5.32 Å². The molecule has 1 N–H and O–H groups in total. The molecule has 1 aromatic rings. The van der Waals surface area contributed by atoms with Gasteiger partial charge >= 0.3 is 0 Å². The number of fused-ring (bicyclic) bond motifs is 1. The predicted molar refractivity (Wildman–Crippen MR) is 78.2 cm³/mol. The summed E-state index contributed by atoms with van der Waals surface area (Å²) >= 11 is 0. The van der Waals surface area contributed by atoms with Crippen LogP contribution in [-0.2, 0) is 6.54 Å². The van der Waals surface area contributed by atoms with E-state index in [0.29, 0.717) is 0 Å². The number of hydrogen-bond donors (Lipinski definition) is 1. The minimum Gasteiger partial charge on any atom is -0.312 e. The quantitative estimate of drug-likeness (QED) is 0.894. The van der Waals surface area contributed by atoms with E-state index in [9.17, 15) is 0 Å². The smallest absolute Gasteiger partial charge is 0.0237 e. The zero-order chi connectivity index (χ0) is 12.7. The second kappa shape index (κ2) is 4.92. The minimum atomic E-state index is 0.766. The molecule has 4 rings (SSSR count). The fourth-order valence-electron chi connectivity index (χ4n) is 3.98. The number of piperidine rings is 1. The van der Waals surface area contributed by atoms with Crippen molar-refractivity contribution >= 4 is 0 Å². The first kappa shape index (κ1) is 11.9. The van der Waals surface area contributed by atoms with E-state index in [-0.39, 0.29) is 0 Å². The van der Waals surface area contributed by atoms with E-state index in [1.807, 2.05) is 0 Å². The molecule has 3 aliphatic rings. The predicted octanol–water partition coefficient (Wildman–Crippen LogP) is 2.75. The lowest BCUT2D eigenvalue weighted by molar-refractivity contribution is 0.312. The average Bonchev–Trinajstić information content (AvgIpc) is 3.19. The van der Waals surface area contributed by atoms with Crippen LogP contribution in [0.1, 0.15) is 42.7 Å². The fourth-order valence-corrected chi connectivity index (χ4v) is 3.98. The van der Waals surface area contributed by atoms with Gasteiger partial charge in [-0.1, -0.05) is 24.3 Å². The van der Waals surface area contributed by atoms with Gasteiger partial charge in [-0.3, -0.25) is 4.90 Å². The van der Waals surface area contributed by atoms with Crippen molar-refractivity contribution in [3.8, 4) is 0 Å². The maximum atomic E-state index is 3.70. The van der Waals surface area contributed by atoms with Crippen LogP contribution in [0.3, 0.4) is 0 Å². The van der Waals surface area contributed by atoms with Gasteiger partial charge in [0, 0.05) is 25.7 Å². The number of rotatable bonds is 3. The molecule has 2 aliphatic heterocycles. The highest BCUT2D eigenvalue weighted by molar-refractivity contribution is 5.33. The van der Waals surface area contributed by atoms with Gasteiger partial charge in [0.05, 0.1) is 0 Å². The number of likely N-dealkylation sites (tertiary alicyclic amines) is 1. The molecule has 1 aromatic carbocycles. The van der Waals surface area contributed by atoms with Crippen molar-refractivity contribution in [3.63, 3.8) is 0 Å². The highest BCUT2D eigenvalue weighted by atomic mass is 15.2. The van der Waals surface area contributed by atoms with Gasteiger partial charge in [-0.2, -0.15) is 0 Å². The van der Waals surface area contributed by atoms with Gasteiger partial charge in [-0.05, 0) is 55.2 Å². The van der Waals surface area contributed by atoms with E-state index in [1.165, 1.54) is 51.9 Å². The van der Waals surface area contributed by atoms with E-state index in [0.717, 1.165) is 17.9 Å². The Bertz CT molecular complexity index is 438. The molecule has 0 radical (unpaired) electrons. The van der Waals surface area contributed by atoms with E-state index < -0.39 is 0 Å². The van der Waals surface area contributed by atoms with Gasteiger partial charge in [0.1, 0.15) is 0 Å². The van der Waals surface area contributed by atoms with E-state index in [4.69, 9.17) is 0 Å². The third-order valence-electron chi connectivity index (χ3n) is 5.14. The molecule has 2 nitrogen and oxygen atoms in total. The highest BCUT2D eigenvalue weighted by Gasteiger charge is 2.34. The Kier molecular flexibility index (Phi) is 3.08. The van der Waals surface area contributed by atoms with Crippen molar-refractivity contribution in [2.75, 3.05) is 19.6 Å². The van der Waals surface area contributed by atoms with Crippen LogP contribution in [0.4, 0.5) is 0 Å². The molecule has 0 amide bonds. The number of nitrogens with one attached hydrogen (secondary N) is 1. The molecular weight excluding hydrogens is 232 g/mol. The summed E-state index contributed by atoms with van der Waals surface area (Å²) in [6.45, 7) is 4.95. The summed E-state index contributed by atoms with van der Waals surface area (Å²) in [6.07, 6.45) is 5.61. The Morgan fingerprint density at radius 2 is 2.00 bits per heavy atom. The Morgan fingerprint density at radius 1 is 1.11 bits per heavy atom. The number of benzene rings is 1. The summed E-state index contributed by atoms with van der Waals surface area (Å²) < 4.78 is 0.